The van der Waals surface area contributed by atoms with Gasteiger partial charge in [-0.25, -0.2) is 0 Å². The van der Waals surface area contributed by atoms with E-state index in [0.717, 1.165) is 11.4 Å². The molecule has 4 heteroatoms. The molecule has 0 aromatic heterocycles. The highest BCUT2D eigenvalue weighted by molar-refractivity contribution is 5.61. The normalized spacial score (nSPS) is 13.5. The van der Waals surface area contributed by atoms with Gasteiger partial charge in [0.05, 0.1) is 12.8 Å². The third-order valence-electron chi connectivity index (χ3n) is 1.69. The second kappa shape index (κ2) is 2.90. The van der Waals surface area contributed by atoms with E-state index < -0.39 is 0 Å². The molecule has 1 aliphatic heterocycles. The van der Waals surface area contributed by atoms with Crippen LogP contribution >= 0.6 is 0 Å². The van der Waals surface area contributed by atoms with Crippen LogP contribution in [0.2, 0.25) is 0 Å². The van der Waals surface area contributed by atoms with Crippen molar-refractivity contribution in [3.8, 4) is 11.5 Å². The number of hydrogen-bond donors (Lipinski definition) is 1. The molecule has 1 aromatic rings. The summed E-state index contributed by atoms with van der Waals surface area (Å²) in [6.07, 6.45) is 0. The summed E-state index contributed by atoms with van der Waals surface area (Å²) in [6.45, 7) is 3.57. The molecule has 1 N–H and O–H groups in total. The molecule has 0 unspecified atom stereocenters. The molecule has 0 saturated carbocycles. The predicted molar refractivity (Wildman–Crippen MR) is 47.5 cm³/mol. The summed E-state index contributed by atoms with van der Waals surface area (Å²) in [5.41, 5.74) is 0.817. The van der Waals surface area contributed by atoms with E-state index in [1.165, 1.54) is 0 Å². The van der Waals surface area contributed by atoms with E-state index in [1.54, 1.807) is 13.2 Å². The van der Waals surface area contributed by atoms with Crippen molar-refractivity contribution in [2.45, 2.75) is 0 Å². The van der Waals surface area contributed by atoms with E-state index in [9.17, 15) is 0 Å². The van der Waals surface area contributed by atoms with Gasteiger partial charge in [0.15, 0.2) is 0 Å². The Morgan fingerprint density at radius 1 is 1.38 bits per heavy atom. The minimum Gasteiger partial charge on any atom is -0.497 e. The van der Waals surface area contributed by atoms with Crippen molar-refractivity contribution in [2.24, 2.45) is 0 Å². The molecule has 0 fully saturated rings. The highest BCUT2D eigenvalue weighted by atomic mass is 17.2. The summed E-state index contributed by atoms with van der Waals surface area (Å²) < 4.78 is 5.02. The maximum atomic E-state index is 5.02. The average Bonchev–Trinajstić information content (AvgIpc) is 2.17. The third kappa shape index (κ3) is 1.38. The van der Waals surface area contributed by atoms with Gasteiger partial charge in [-0.15, -0.1) is 0 Å². The molecule has 0 aliphatic carbocycles. The van der Waals surface area contributed by atoms with Crippen molar-refractivity contribution in [3.05, 3.63) is 30.7 Å². The topological polar surface area (TPSA) is 39.7 Å². The Labute approximate surface area is 75.7 Å². The van der Waals surface area contributed by atoms with Crippen LogP contribution in [0.25, 0.3) is 0 Å². The number of methoxy groups -OCH3 is 1. The second-order valence-electron chi connectivity index (χ2n) is 2.58. The van der Waals surface area contributed by atoms with Gasteiger partial charge >= 0.3 is 0 Å². The van der Waals surface area contributed by atoms with Gasteiger partial charge in [0.2, 0.25) is 11.6 Å². The van der Waals surface area contributed by atoms with Crippen LogP contribution in [0, 0.1) is 0 Å². The van der Waals surface area contributed by atoms with Crippen molar-refractivity contribution in [1.29, 1.82) is 0 Å². The van der Waals surface area contributed by atoms with E-state index >= 15 is 0 Å². The summed E-state index contributed by atoms with van der Waals surface area (Å²) in [7, 11) is 1.60. The van der Waals surface area contributed by atoms with Crippen LogP contribution in [0.15, 0.2) is 30.7 Å². The molecule has 68 valence electrons. The summed E-state index contributed by atoms with van der Waals surface area (Å²) in [5.74, 6) is 1.68. The Hall–Kier alpha value is -1.84. The lowest BCUT2D eigenvalue weighted by atomic mass is 10.2. The van der Waals surface area contributed by atoms with Crippen LogP contribution in [-0.2, 0) is 4.89 Å². The monoisotopic (exact) mass is 179 g/mol. The zero-order chi connectivity index (χ0) is 9.26. The largest absolute Gasteiger partial charge is 0.497 e. The standard InChI is InChI=1S/C9H9NO3/c1-6-10-8-4-3-7(11-2)5-9(8)13-12-6/h3-5,10H,1H2,2H3. The maximum Gasteiger partial charge on any atom is 0.241 e. The third-order valence-corrected chi connectivity index (χ3v) is 1.69. The second-order valence-corrected chi connectivity index (χ2v) is 2.58. The van der Waals surface area contributed by atoms with Crippen LogP contribution in [0.5, 0.6) is 11.5 Å². The number of ether oxygens (including phenoxy) is 1. The lowest BCUT2D eigenvalue weighted by molar-refractivity contribution is -0.168. The highest BCUT2D eigenvalue weighted by Gasteiger charge is 2.14. The fraction of sp³-hybridized carbons (Fsp3) is 0.111. The SMILES string of the molecule is C=C1Nc2ccc(OC)cc2OO1. The van der Waals surface area contributed by atoms with Crippen molar-refractivity contribution >= 4 is 5.69 Å². The van der Waals surface area contributed by atoms with E-state index in [0.29, 0.717) is 11.6 Å². The van der Waals surface area contributed by atoms with Gasteiger partial charge < -0.3 is 10.1 Å². The first-order chi connectivity index (χ1) is 6.29. The Balaban J connectivity index is 2.36. The molecule has 4 nitrogen and oxygen atoms in total. The van der Waals surface area contributed by atoms with Gasteiger partial charge in [0, 0.05) is 6.07 Å². The molecule has 0 amide bonds. The minimum absolute atomic E-state index is 0.373. The van der Waals surface area contributed by atoms with Gasteiger partial charge in [0.1, 0.15) is 5.75 Å². The molecule has 13 heavy (non-hydrogen) atoms. The molecular formula is C9H9NO3. The van der Waals surface area contributed by atoms with Crippen LogP contribution in [-0.4, -0.2) is 7.11 Å². The maximum absolute atomic E-state index is 5.02. The molecule has 0 atom stereocenters. The predicted octanol–water partition coefficient (Wildman–Crippen LogP) is 1.90. The lowest BCUT2D eigenvalue weighted by Gasteiger charge is -2.19. The molecule has 1 aromatic carbocycles. The number of benzene rings is 1. The Bertz CT molecular complexity index is 349. The fourth-order valence-corrected chi connectivity index (χ4v) is 1.07. The lowest BCUT2D eigenvalue weighted by Crippen LogP contribution is -2.12. The molecule has 2 rings (SSSR count). The fourth-order valence-electron chi connectivity index (χ4n) is 1.07. The molecule has 0 radical (unpaired) electrons. The van der Waals surface area contributed by atoms with Gasteiger partial charge in [-0.3, -0.25) is 9.78 Å². The smallest absolute Gasteiger partial charge is 0.241 e. The first-order valence-electron chi connectivity index (χ1n) is 3.78. The van der Waals surface area contributed by atoms with Gasteiger partial charge in [-0.05, 0) is 18.7 Å². The molecule has 0 spiro atoms. The molecule has 1 heterocycles. The number of rotatable bonds is 1. The van der Waals surface area contributed by atoms with E-state index in [1.807, 2.05) is 12.1 Å². The van der Waals surface area contributed by atoms with Gasteiger partial charge in [-0.1, -0.05) is 0 Å². The first kappa shape index (κ1) is 7.79. The van der Waals surface area contributed by atoms with E-state index in [4.69, 9.17) is 14.5 Å². The zero-order valence-electron chi connectivity index (χ0n) is 7.16. The minimum atomic E-state index is 0.373. The van der Waals surface area contributed by atoms with Gasteiger partial charge in [0.25, 0.3) is 0 Å². The number of fused-ring (bicyclic) bond motifs is 1. The van der Waals surface area contributed by atoms with Crippen LogP contribution in [0.4, 0.5) is 5.69 Å². The Morgan fingerprint density at radius 2 is 2.23 bits per heavy atom. The average molecular weight is 179 g/mol. The van der Waals surface area contributed by atoms with E-state index in [-0.39, 0.29) is 0 Å². The molecule has 0 bridgehead atoms. The summed E-state index contributed by atoms with van der Waals surface area (Å²) in [4.78, 5) is 9.68. The van der Waals surface area contributed by atoms with E-state index in [2.05, 4.69) is 11.9 Å². The Kier molecular flexibility index (Phi) is 1.73. The number of nitrogens with one attached hydrogen (secondary N) is 1. The zero-order valence-corrected chi connectivity index (χ0v) is 7.16. The van der Waals surface area contributed by atoms with Crippen LogP contribution in [0.1, 0.15) is 0 Å². The summed E-state index contributed by atoms with van der Waals surface area (Å²) in [5, 5.41) is 2.91. The van der Waals surface area contributed by atoms with Gasteiger partial charge in [-0.2, -0.15) is 0 Å². The van der Waals surface area contributed by atoms with Crippen molar-refractivity contribution in [2.75, 3.05) is 12.4 Å². The van der Waals surface area contributed by atoms with Crippen LogP contribution < -0.4 is 14.9 Å². The molecule has 0 saturated heterocycles. The summed E-state index contributed by atoms with van der Waals surface area (Å²) >= 11 is 0. The number of hydrogen-bond acceptors (Lipinski definition) is 4. The van der Waals surface area contributed by atoms with Crippen molar-refractivity contribution < 1.29 is 14.5 Å². The van der Waals surface area contributed by atoms with Crippen LogP contribution in [0.3, 0.4) is 0 Å². The summed E-state index contributed by atoms with van der Waals surface area (Å²) in [6, 6.07) is 5.39. The van der Waals surface area contributed by atoms with Crippen molar-refractivity contribution in [1.82, 2.24) is 0 Å². The first-order valence-corrected chi connectivity index (χ1v) is 3.78. The molecular weight excluding hydrogens is 170 g/mol. The number of anilines is 1. The highest BCUT2D eigenvalue weighted by Crippen LogP contribution is 2.33. The Morgan fingerprint density at radius 3 is 3.00 bits per heavy atom. The quantitative estimate of drug-likeness (QED) is 0.668. The van der Waals surface area contributed by atoms with Crippen molar-refractivity contribution in [3.63, 3.8) is 0 Å². The molecule has 1 aliphatic rings.